The fourth-order valence-corrected chi connectivity index (χ4v) is 3.42. The molecular formula is C20H15BrN4O2. The summed E-state index contributed by atoms with van der Waals surface area (Å²) >= 11 is 3.41. The number of aromatic nitrogens is 2. The quantitative estimate of drug-likeness (QED) is 0.437. The maximum atomic E-state index is 12.6. The minimum Gasteiger partial charge on any atom is -0.493 e. The minimum absolute atomic E-state index is 0.0481. The molecule has 1 amide bonds. The van der Waals surface area contributed by atoms with Crippen molar-refractivity contribution in [2.45, 2.75) is 6.92 Å². The Balaban J connectivity index is 1.77. The molecule has 0 aliphatic rings. The number of hydrogen-bond acceptors (Lipinski definition) is 4. The fourth-order valence-electron chi connectivity index (χ4n) is 3.06. The highest BCUT2D eigenvalue weighted by molar-refractivity contribution is 9.10. The van der Waals surface area contributed by atoms with Gasteiger partial charge in [0.15, 0.2) is 5.69 Å². The predicted molar refractivity (Wildman–Crippen MR) is 108 cm³/mol. The van der Waals surface area contributed by atoms with Crippen molar-refractivity contribution >= 4 is 49.3 Å². The Morgan fingerprint density at radius 3 is 2.78 bits per heavy atom. The van der Waals surface area contributed by atoms with Crippen molar-refractivity contribution in [2.75, 3.05) is 0 Å². The molecule has 0 radical (unpaired) electrons. The Bertz CT molecular complexity index is 1240. The number of carbonyl (C=O) groups excluding carboxylic acids is 1. The molecule has 2 aromatic carbocycles. The predicted octanol–water partition coefficient (Wildman–Crippen LogP) is 5.43. The van der Waals surface area contributed by atoms with Crippen molar-refractivity contribution in [3.8, 4) is 5.88 Å². The maximum absolute atomic E-state index is 12.6. The van der Waals surface area contributed by atoms with Crippen molar-refractivity contribution in [1.29, 1.82) is 0 Å². The molecular weight excluding hydrogens is 408 g/mol. The Morgan fingerprint density at radius 2 is 1.96 bits per heavy atom. The largest absolute Gasteiger partial charge is 0.493 e. The van der Waals surface area contributed by atoms with Crippen molar-refractivity contribution in [1.82, 2.24) is 9.55 Å². The summed E-state index contributed by atoms with van der Waals surface area (Å²) in [6, 6.07) is 14.9. The molecule has 0 spiro atoms. The summed E-state index contributed by atoms with van der Waals surface area (Å²) in [5.41, 5.74) is 2.84. The van der Waals surface area contributed by atoms with Crippen LogP contribution < -0.4 is 0 Å². The number of pyridine rings is 1. The first-order chi connectivity index (χ1) is 13.0. The molecule has 27 heavy (non-hydrogen) atoms. The lowest BCUT2D eigenvalue weighted by molar-refractivity contribution is 0.0994. The number of aromatic hydroxyl groups is 1. The molecule has 1 N–H and O–H groups in total. The highest BCUT2D eigenvalue weighted by Gasteiger charge is 2.16. The van der Waals surface area contributed by atoms with Gasteiger partial charge in [0.2, 0.25) is 5.88 Å². The topological polar surface area (TPSA) is 79.8 Å². The van der Waals surface area contributed by atoms with Crippen LogP contribution in [0.2, 0.25) is 0 Å². The average molecular weight is 423 g/mol. The van der Waals surface area contributed by atoms with Gasteiger partial charge in [-0.05, 0) is 37.3 Å². The Morgan fingerprint density at radius 1 is 1.19 bits per heavy atom. The van der Waals surface area contributed by atoms with E-state index in [1.54, 1.807) is 24.6 Å². The standard InChI is InChI=1S/C20H15BrN4O2/c1-11-14(9-12-5-3-4-6-16(12)22-11)19(26)24-23-18-15-10-13(21)7-8-17(15)25(2)20(18)27/h3-10,27H,1-2H3. The number of nitrogens with zero attached hydrogens (tertiary/aromatic N) is 4. The van der Waals surface area contributed by atoms with Gasteiger partial charge in [-0.2, -0.15) is 0 Å². The van der Waals surface area contributed by atoms with Crippen LogP contribution in [0.3, 0.4) is 0 Å². The molecule has 2 heterocycles. The van der Waals surface area contributed by atoms with E-state index in [1.165, 1.54) is 0 Å². The molecule has 0 fully saturated rings. The molecule has 0 unspecified atom stereocenters. The van der Waals surface area contributed by atoms with Gasteiger partial charge in [0.05, 0.1) is 22.3 Å². The van der Waals surface area contributed by atoms with E-state index >= 15 is 0 Å². The van der Waals surface area contributed by atoms with Crippen LogP contribution in [-0.4, -0.2) is 20.6 Å². The molecule has 0 aliphatic carbocycles. The molecule has 4 aromatic rings. The number of halogens is 1. The Kier molecular flexibility index (Phi) is 4.24. The molecule has 0 saturated heterocycles. The molecule has 6 nitrogen and oxygen atoms in total. The molecule has 134 valence electrons. The second kappa shape index (κ2) is 6.59. The number of carbonyl (C=O) groups is 1. The first-order valence-corrected chi connectivity index (χ1v) is 9.04. The Hall–Kier alpha value is -3.06. The summed E-state index contributed by atoms with van der Waals surface area (Å²) in [5, 5.41) is 19.8. The normalized spacial score (nSPS) is 11.7. The summed E-state index contributed by atoms with van der Waals surface area (Å²) < 4.78 is 2.45. The van der Waals surface area contributed by atoms with Gasteiger partial charge in [0.25, 0.3) is 5.91 Å². The number of para-hydroxylation sites is 1. The summed E-state index contributed by atoms with van der Waals surface area (Å²) in [6.07, 6.45) is 0. The summed E-state index contributed by atoms with van der Waals surface area (Å²) in [5.74, 6) is -0.551. The van der Waals surface area contributed by atoms with E-state index in [0.717, 1.165) is 20.9 Å². The number of hydrogen-bond donors (Lipinski definition) is 1. The first kappa shape index (κ1) is 17.4. The van der Waals surface area contributed by atoms with E-state index in [2.05, 4.69) is 31.1 Å². The van der Waals surface area contributed by atoms with Crippen LogP contribution >= 0.6 is 15.9 Å². The highest BCUT2D eigenvalue weighted by Crippen LogP contribution is 2.39. The van der Waals surface area contributed by atoms with Gasteiger partial charge in [-0.15, -0.1) is 10.2 Å². The van der Waals surface area contributed by atoms with Gasteiger partial charge in [-0.3, -0.25) is 9.78 Å². The molecule has 0 aliphatic heterocycles. The number of rotatable bonds is 2. The van der Waals surface area contributed by atoms with Crippen LogP contribution in [-0.2, 0) is 7.05 Å². The molecule has 0 saturated carbocycles. The number of benzene rings is 2. The molecule has 7 heteroatoms. The lowest BCUT2D eigenvalue weighted by Crippen LogP contribution is -2.00. The lowest BCUT2D eigenvalue weighted by Gasteiger charge is -2.03. The first-order valence-electron chi connectivity index (χ1n) is 8.25. The van der Waals surface area contributed by atoms with Crippen LogP contribution in [0.1, 0.15) is 16.1 Å². The molecule has 0 bridgehead atoms. The van der Waals surface area contributed by atoms with E-state index in [9.17, 15) is 9.90 Å². The van der Waals surface area contributed by atoms with Crippen LogP contribution in [0.5, 0.6) is 5.88 Å². The van der Waals surface area contributed by atoms with Gasteiger partial charge in [-0.25, -0.2) is 0 Å². The van der Waals surface area contributed by atoms with Gasteiger partial charge < -0.3 is 9.67 Å². The van der Waals surface area contributed by atoms with E-state index < -0.39 is 5.91 Å². The summed E-state index contributed by atoms with van der Waals surface area (Å²) in [6.45, 7) is 1.77. The van der Waals surface area contributed by atoms with E-state index in [-0.39, 0.29) is 11.6 Å². The second-order valence-electron chi connectivity index (χ2n) is 6.21. The second-order valence-corrected chi connectivity index (χ2v) is 7.13. The van der Waals surface area contributed by atoms with Crippen LogP contribution in [0, 0.1) is 6.92 Å². The Labute approximate surface area is 163 Å². The molecule has 2 aromatic heterocycles. The summed E-state index contributed by atoms with van der Waals surface area (Å²) in [4.78, 5) is 17.1. The van der Waals surface area contributed by atoms with Crippen molar-refractivity contribution in [3.63, 3.8) is 0 Å². The van der Waals surface area contributed by atoms with E-state index in [4.69, 9.17) is 0 Å². The zero-order valence-corrected chi connectivity index (χ0v) is 16.2. The number of amides is 1. The zero-order valence-electron chi connectivity index (χ0n) is 14.6. The van der Waals surface area contributed by atoms with Crippen molar-refractivity contribution < 1.29 is 9.90 Å². The number of fused-ring (bicyclic) bond motifs is 2. The maximum Gasteiger partial charge on any atom is 0.297 e. The van der Waals surface area contributed by atoms with Crippen LogP contribution in [0.25, 0.3) is 21.8 Å². The SMILES string of the molecule is Cc1nc2ccccc2cc1C(=O)N=Nc1c(O)n(C)c2ccc(Br)cc12. The van der Waals surface area contributed by atoms with Crippen molar-refractivity contribution in [2.24, 2.45) is 17.3 Å². The molecule has 0 atom stereocenters. The van der Waals surface area contributed by atoms with Crippen molar-refractivity contribution in [3.05, 3.63) is 64.3 Å². The van der Waals surface area contributed by atoms with Gasteiger partial charge in [0.1, 0.15) is 0 Å². The average Bonchev–Trinajstić information content (AvgIpc) is 2.89. The summed E-state index contributed by atoms with van der Waals surface area (Å²) in [7, 11) is 1.73. The minimum atomic E-state index is -0.503. The van der Waals surface area contributed by atoms with Crippen LogP contribution in [0.4, 0.5) is 5.69 Å². The van der Waals surface area contributed by atoms with Gasteiger partial charge >= 0.3 is 0 Å². The molecule has 4 rings (SSSR count). The third-order valence-corrected chi connectivity index (χ3v) is 4.98. The van der Waals surface area contributed by atoms with Gasteiger partial charge in [0, 0.05) is 22.3 Å². The third kappa shape index (κ3) is 3.00. The third-order valence-electron chi connectivity index (χ3n) is 4.49. The lowest BCUT2D eigenvalue weighted by atomic mass is 10.1. The van der Waals surface area contributed by atoms with Crippen LogP contribution in [0.15, 0.2) is 63.2 Å². The fraction of sp³-hybridized carbons (Fsp3) is 0.100. The van der Waals surface area contributed by atoms with E-state index in [0.29, 0.717) is 16.6 Å². The van der Waals surface area contributed by atoms with E-state index in [1.807, 2.05) is 42.5 Å². The number of azo groups is 1. The smallest absolute Gasteiger partial charge is 0.297 e. The zero-order chi connectivity index (χ0) is 19.1. The number of aryl methyl sites for hydroxylation is 2. The van der Waals surface area contributed by atoms with Gasteiger partial charge in [-0.1, -0.05) is 34.1 Å². The monoisotopic (exact) mass is 422 g/mol. The highest BCUT2D eigenvalue weighted by atomic mass is 79.9.